The summed E-state index contributed by atoms with van der Waals surface area (Å²) in [6, 6.07) is 5.93. The highest BCUT2D eigenvalue weighted by molar-refractivity contribution is 6.41. The molecular formula is C17H17Cl2FN4O2. The molecule has 1 amide bonds. The summed E-state index contributed by atoms with van der Waals surface area (Å²) in [7, 11) is 0. The Balaban J connectivity index is 1.54. The van der Waals surface area contributed by atoms with Gasteiger partial charge in [-0.25, -0.2) is 9.07 Å². The van der Waals surface area contributed by atoms with Crippen LogP contribution < -0.4 is 5.56 Å². The Morgan fingerprint density at radius 1 is 1.12 bits per heavy atom. The minimum Gasteiger partial charge on any atom is -0.340 e. The van der Waals surface area contributed by atoms with E-state index in [4.69, 9.17) is 23.2 Å². The van der Waals surface area contributed by atoms with Crippen LogP contribution in [0.5, 0.6) is 0 Å². The third-order valence-electron chi connectivity index (χ3n) is 4.27. The topological polar surface area (TPSA) is 58.4 Å². The zero-order valence-electron chi connectivity index (χ0n) is 13.9. The summed E-state index contributed by atoms with van der Waals surface area (Å²) in [5, 5.41) is 4.07. The zero-order valence-corrected chi connectivity index (χ0v) is 15.4. The molecule has 1 fully saturated rings. The van der Waals surface area contributed by atoms with Crippen molar-refractivity contribution in [1.29, 1.82) is 0 Å². The third kappa shape index (κ3) is 4.41. The molecule has 0 spiro atoms. The van der Waals surface area contributed by atoms with Crippen LogP contribution in [-0.4, -0.2) is 51.7 Å². The highest BCUT2D eigenvalue weighted by Crippen LogP contribution is 2.15. The fraction of sp³-hybridized carbons (Fsp3) is 0.353. The minimum atomic E-state index is -0.436. The third-order valence-corrected chi connectivity index (χ3v) is 5.02. The summed E-state index contributed by atoms with van der Waals surface area (Å²) in [6.07, 6.45) is 1.59. The van der Waals surface area contributed by atoms with Crippen molar-refractivity contribution in [1.82, 2.24) is 19.6 Å². The average molecular weight is 399 g/mol. The molecule has 9 heteroatoms. The van der Waals surface area contributed by atoms with Gasteiger partial charge < -0.3 is 4.90 Å². The van der Waals surface area contributed by atoms with Gasteiger partial charge in [-0.05, 0) is 17.7 Å². The van der Waals surface area contributed by atoms with Crippen LogP contribution in [0.1, 0.15) is 5.56 Å². The molecule has 0 unspecified atom stereocenters. The number of carbonyl (C=O) groups is 1. The second-order valence-corrected chi connectivity index (χ2v) is 6.84. The Bertz CT molecular complexity index is 849. The molecule has 1 aromatic carbocycles. The van der Waals surface area contributed by atoms with Gasteiger partial charge in [0.25, 0.3) is 5.56 Å². The number of halogens is 3. The molecule has 6 nitrogen and oxygen atoms in total. The van der Waals surface area contributed by atoms with E-state index in [0.717, 1.165) is 5.56 Å². The van der Waals surface area contributed by atoms with Gasteiger partial charge in [0.15, 0.2) is 0 Å². The van der Waals surface area contributed by atoms with Crippen molar-refractivity contribution >= 4 is 29.1 Å². The first-order chi connectivity index (χ1) is 12.4. The van der Waals surface area contributed by atoms with Gasteiger partial charge in [0, 0.05) is 26.2 Å². The van der Waals surface area contributed by atoms with E-state index in [9.17, 15) is 14.0 Å². The molecular weight excluding hydrogens is 382 g/mol. The van der Waals surface area contributed by atoms with Gasteiger partial charge in [-0.2, -0.15) is 5.10 Å². The molecule has 0 aliphatic carbocycles. The van der Waals surface area contributed by atoms with Gasteiger partial charge in [-0.3, -0.25) is 14.5 Å². The molecule has 1 aliphatic heterocycles. The number of carbonyl (C=O) groups excluding carboxylic acids is 1. The van der Waals surface area contributed by atoms with Gasteiger partial charge in [0.05, 0.1) is 24.3 Å². The van der Waals surface area contributed by atoms with E-state index < -0.39 is 5.56 Å². The van der Waals surface area contributed by atoms with Crippen LogP contribution in [0.2, 0.25) is 10.0 Å². The van der Waals surface area contributed by atoms with Crippen molar-refractivity contribution in [3.05, 3.63) is 62.2 Å². The molecule has 2 aromatic rings. The second kappa shape index (κ2) is 8.16. The number of piperazine rings is 1. The van der Waals surface area contributed by atoms with Crippen LogP contribution >= 0.6 is 23.2 Å². The van der Waals surface area contributed by atoms with Crippen LogP contribution in [0.25, 0.3) is 0 Å². The Morgan fingerprint density at radius 2 is 1.77 bits per heavy atom. The minimum absolute atomic E-state index is 0.00101. The molecule has 2 heterocycles. The lowest BCUT2D eigenvalue weighted by atomic mass is 10.1. The zero-order chi connectivity index (χ0) is 18.7. The van der Waals surface area contributed by atoms with Crippen LogP contribution in [0.15, 0.2) is 35.3 Å². The smallest absolute Gasteiger partial charge is 0.288 e. The standard InChI is InChI=1S/C17H17Cl2FN4O2/c18-14-10-21-24(17(26)16(14)19)11-22-5-7-23(8-6-22)15(25)9-12-1-3-13(20)4-2-12/h1-4,10H,5-9,11H2. The van der Waals surface area contributed by atoms with Crippen molar-refractivity contribution in [2.45, 2.75) is 13.1 Å². The van der Waals surface area contributed by atoms with E-state index in [1.165, 1.54) is 23.0 Å². The highest BCUT2D eigenvalue weighted by atomic mass is 35.5. The molecule has 0 bridgehead atoms. The molecule has 138 valence electrons. The molecule has 1 aromatic heterocycles. The summed E-state index contributed by atoms with van der Waals surface area (Å²) in [5.41, 5.74) is 0.347. The molecule has 26 heavy (non-hydrogen) atoms. The van der Waals surface area contributed by atoms with Crippen molar-refractivity contribution in [2.75, 3.05) is 26.2 Å². The molecule has 1 saturated heterocycles. The van der Waals surface area contributed by atoms with E-state index in [1.54, 1.807) is 17.0 Å². The normalized spacial score (nSPS) is 15.3. The first kappa shape index (κ1) is 18.8. The molecule has 0 radical (unpaired) electrons. The average Bonchev–Trinajstić information content (AvgIpc) is 2.64. The lowest BCUT2D eigenvalue weighted by molar-refractivity contribution is -0.132. The largest absolute Gasteiger partial charge is 0.340 e. The van der Waals surface area contributed by atoms with E-state index in [0.29, 0.717) is 26.2 Å². The quantitative estimate of drug-likeness (QED) is 0.790. The number of hydrogen-bond donors (Lipinski definition) is 0. The number of benzene rings is 1. The van der Waals surface area contributed by atoms with Crippen LogP contribution in [0, 0.1) is 5.82 Å². The number of aromatic nitrogens is 2. The molecule has 0 saturated carbocycles. The van der Waals surface area contributed by atoms with Gasteiger partial charge in [0.1, 0.15) is 10.8 Å². The van der Waals surface area contributed by atoms with Gasteiger partial charge >= 0.3 is 0 Å². The number of rotatable bonds is 4. The SMILES string of the molecule is O=C(Cc1ccc(F)cc1)N1CCN(Cn2ncc(Cl)c(Cl)c2=O)CC1. The van der Waals surface area contributed by atoms with Gasteiger partial charge in [-0.1, -0.05) is 35.3 Å². The summed E-state index contributed by atoms with van der Waals surface area (Å²) in [5.74, 6) is -0.318. The lowest BCUT2D eigenvalue weighted by Gasteiger charge is -2.34. The maximum Gasteiger partial charge on any atom is 0.288 e. The van der Waals surface area contributed by atoms with Crippen molar-refractivity contribution in [2.24, 2.45) is 0 Å². The lowest BCUT2D eigenvalue weighted by Crippen LogP contribution is -2.50. The summed E-state index contributed by atoms with van der Waals surface area (Å²) in [4.78, 5) is 28.2. The monoisotopic (exact) mass is 398 g/mol. The summed E-state index contributed by atoms with van der Waals surface area (Å²) in [6.45, 7) is 2.62. The van der Waals surface area contributed by atoms with Crippen LogP contribution in [0.4, 0.5) is 4.39 Å². The van der Waals surface area contributed by atoms with E-state index in [1.807, 2.05) is 4.90 Å². The van der Waals surface area contributed by atoms with E-state index >= 15 is 0 Å². The Labute approximate surface area is 159 Å². The van der Waals surface area contributed by atoms with Gasteiger partial charge in [-0.15, -0.1) is 0 Å². The Hall–Kier alpha value is -1.96. The molecule has 1 aliphatic rings. The van der Waals surface area contributed by atoms with Crippen LogP contribution in [0.3, 0.4) is 0 Å². The highest BCUT2D eigenvalue weighted by Gasteiger charge is 2.22. The maximum atomic E-state index is 12.9. The fourth-order valence-corrected chi connectivity index (χ4v) is 3.03. The van der Waals surface area contributed by atoms with Crippen LogP contribution in [-0.2, 0) is 17.9 Å². The summed E-state index contributed by atoms with van der Waals surface area (Å²) < 4.78 is 14.2. The Morgan fingerprint density at radius 3 is 2.42 bits per heavy atom. The maximum absolute atomic E-state index is 12.9. The van der Waals surface area contributed by atoms with E-state index in [-0.39, 0.29) is 34.9 Å². The number of hydrogen-bond acceptors (Lipinski definition) is 4. The molecule has 0 N–H and O–H groups in total. The first-order valence-corrected chi connectivity index (χ1v) is 8.85. The van der Waals surface area contributed by atoms with Crippen molar-refractivity contribution in [3.63, 3.8) is 0 Å². The molecule has 3 rings (SSSR count). The van der Waals surface area contributed by atoms with E-state index in [2.05, 4.69) is 5.10 Å². The fourth-order valence-electron chi connectivity index (χ4n) is 2.76. The van der Waals surface area contributed by atoms with Gasteiger partial charge in [0.2, 0.25) is 5.91 Å². The number of amides is 1. The number of nitrogens with zero attached hydrogens (tertiary/aromatic N) is 4. The summed E-state index contributed by atoms with van der Waals surface area (Å²) >= 11 is 11.6. The predicted molar refractivity (Wildman–Crippen MR) is 96.8 cm³/mol. The van der Waals surface area contributed by atoms with Crippen molar-refractivity contribution in [3.8, 4) is 0 Å². The predicted octanol–water partition coefficient (Wildman–Crippen LogP) is 2.03. The first-order valence-electron chi connectivity index (χ1n) is 8.10. The Kier molecular flexibility index (Phi) is 5.90. The van der Waals surface area contributed by atoms with Crippen molar-refractivity contribution < 1.29 is 9.18 Å². The molecule has 0 atom stereocenters. The second-order valence-electron chi connectivity index (χ2n) is 6.05.